The zero-order valence-corrected chi connectivity index (χ0v) is 15.9. The summed E-state index contributed by atoms with van der Waals surface area (Å²) in [5.74, 6) is -3.84. The van der Waals surface area contributed by atoms with E-state index in [0.29, 0.717) is 0 Å². The number of carbonyl (C=O) groups is 4. The van der Waals surface area contributed by atoms with Gasteiger partial charge in [0.25, 0.3) is 0 Å². The fourth-order valence-corrected chi connectivity index (χ4v) is 2.42. The van der Waals surface area contributed by atoms with Gasteiger partial charge in [-0.05, 0) is 12.5 Å². The van der Waals surface area contributed by atoms with Crippen molar-refractivity contribution in [2.75, 3.05) is 13.2 Å². The van der Waals surface area contributed by atoms with Crippen LogP contribution in [0.15, 0.2) is 30.3 Å². The molecule has 3 amide bonds. The van der Waals surface area contributed by atoms with E-state index in [9.17, 15) is 24.3 Å². The summed E-state index contributed by atoms with van der Waals surface area (Å²) in [6, 6.07) is 4.57. The van der Waals surface area contributed by atoms with Crippen LogP contribution < -0.4 is 21.7 Å². The van der Waals surface area contributed by atoms with Gasteiger partial charge in [-0.3, -0.25) is 14.4 Å². The van der Waals surface area contributed by atoms with Crippen LogP contribution in [0.3, 0.4) is 0 Å². The summed E-state index contributed by atoms with van der Waals surface area (Å²) in [4.78, 5) is 47.6. The van der Waals surface area contributed by atoms with Crippen LogP contribution in [0.1, 0.15) is 12.5 Å². The highest BCUT2D eigenvalue weighted by Gasteiger charge is 2.32. The maximum absolute atomic E-state index is 12.7. The molecule has 11 nitrogen and oxygen atoms in total. The van der Waals surface area contributed by atoms with Gasteiger partial charge in [0, 0.05) is 6.42 Å². The number of benzene rings is 1. The Balaban J connectivity index is 2.95. The number of aliphatic hydroxyl groups is 2. The molecule has 8 N–H and O–H groups in total. The summed E-state index contributed by atoms with van der Waals surface area (Å²) in [7, 11) is 0. The van der Waals surface area contributed by atoms with Gasteiger partial charge in [0.1, 0.15) is 18.1 Å². The van der Waals surface area contributed by atoms with Gasteiger partial charge in [0.2, 0.25) is 17.7 Å². The molecule has 29 heavy (non-hydrogen) atoms. The molecular weight excluding hydrogens is 384 g/mol. The fourth-order valence-electron chi connectivity index (χ4n) is 2.42. The number of carboxylic acids is 1. The molecule has 11 heteroatoms. The van der Waals surface area contributed by atoms with Crippen LogP contribution in [0.4, 0.5) is 0 Å². The van der Waals surface area contributed by atoms with Gasteiger partial charge in [-0.25, -0.2) is 4.79 Å². The Hall–Kier alpha value is -3.02. The summed E-state index contributed by atoms with van der Waals surface area (Å²) < 4.78 is 0. The number of hydrogen-bond donors (Lipinski definition) is 7. The zero-order chi connectivity index (χ0) is 22.0. The molecule has 0 aliphatic rings. The third-order valence-electron chi connectivity index (χ3n) is 3.98. The average Bonchev–Trinajstić information content (AvgIpc) is 2.69. The molecule has 0 radical (unpaired) electrons. The zero-order valence-electron chi connectivity index (χ0n) is 15.9. The van der Waals surface area contributed by atoms with Crippen molar-refractivity contribution in [1.29, 1.82) is 0 Å². The normalized spacial score (nSPS) is 14.8. The molecule has 0 saturated carbocycles. The lowest BCUT2D eigenvalue weighted by atomic mass is 10.0. The number of nitrogens with two attached hydrogens (primary N) is 1. The van der Waals surface area contributed by atoms with Gasteiger partial charge < -0.3 is 37.0 Å². The molecule has 1 aromatic carbocycles. The minimum atomic E-state index is -1.60. The number of nitrogens with one attached hydrogen (secondary N) is 3. The molecule has 0 heterocycles. The molecule has 0 fully saturated rings. The molecule has 0 aliphatic heterocycles. The second-order valence-corrected chi connectivity index (χ2v) is 6.32. The maximum Gasteiger partial charge on any atom is 0.328 e. The number of carboxylic acid groups (broad SMARTS) is 1. The Labute approximate surface area is 167 Å². The number of carbonyl (C=O) groups excluding carboxylic acids is 3. The fraction of sp³-hybridized carbons (Fsp3) is 0.444. The predicted molar refractivity (Wildman–Crippen MR) is 101 cm³/mol. The molecule has 0 spiro atoms. The number of rotatable bonds is 11. The molecule has 0 bridgehead atoms. The van der Waals surface area contributed by atoms with E-state index in [-0.39, 0.29) is 13.0 Å². The van der Waals surface area contributed by atoms with E-state index in [4.69, 9.17) is 15.9 Å². The Morgan fingerprint density at radius 3 is 2.10 bits per heavy atom. The van der Waals surface area contributed by atoms with E-state index in [2.05, 4.69) is 10.6 Å². The molecule has 1 aromatic rings. The first-order valence-corrected chi connectivity index (χ1v) is 8.85. The summed E-state index contributed by atoms with van der Waals surface area (Å²) in [5, 5.41) is 34.6. The minimum absolute atomic E-state index is 0.0982. The Morgan fingerprint density at radius 1 is 1.00 bits per heavy atom. The first-order valence-electron chi connectivity index (χ1n) is 8.85. The summed E-state index contributed by atoms with van der Waals surface area (Å²) in [6.07, 6.45) is -1.28. The standard InChI is InChI=1S/C18H26N4O7/c1-10(24)15(17(27)21-13(9-23)18(28)29)22-16(26)12(20-14(25)8-19)7-11-5-3-2-4-6-11/h2-6,10,12-13,15,23-24H,7-9,19H2,1H3,(H,20,25)(H,21,27)(H,22,26)(H,28,29). The highest BCUT2D eigenvalue weighted by molar-refractivity contribution is 5.94. The third-order valence-corrected chi connectivity index (χ3v) is 3.98. The lowest BCUT2D eigenvalue weighted by Gasteiger charge is -2.25. The second-order valence-electron chi connectivity index (χ2n) is 6.32. The average molecular weight is 410 g/mol. The van der Waals surface area contributed by atoms with Crippen molar-refractivity contribution in [3.05, 3.63) is 35.9 Å². The molecule has 4 atom stereocenters. The quantitative estimate of drug-likeness (QED) is 0.202. The molecule has 0 aliphatic carbocycles. The summed E-state index contributed by atoms with van der Waals surface area (Å²) in [5.41, 5.74) is 6.01. The van der Waals surface area contributed by atoms with Crippen molar-refractivity contribution >= 4 is 23.7 Å². The molecule has 160 valence electrons. The lowest BCUT2D eigenvalue weighted by molar-refractivity contribution is -0.144. The molecule has 1 rings (SSSR count). The number of aliphatic carboxylic acids is 1. The van der Waals surface area contributed by atoms with E-state index in [0.717, 1.165) is 5.56 Å². The highest BCUT2D eigenvalue weighted by atomic mass is 16.4. The maximum atomic E-state index is 12.7. The van der Waals surface area contributed by atoms with E-state index < -0.39 is 54.5 Å². The van der Waals surface area contributed by atoms with Crippen molar-refractivity contribution in [3.8, 4) is 0 Å². The van der Waals surface area contributed by atoms with Crippen LogP contribution in [-0.4, -0.2) is 76.4 Å². The summed E-state index contributed by atoms with van der Waals surface area (Å²) >= 11 is 0. The Bertz CT molecular complexity index is 711. The van der Waals surface area contributed by atoms with Crippen molar-refractivity contribution in [2.45, 2.75) is 37.6 Å². The Kier molecular flexibility index (Phi) is 9.72. The van der Waals surface area contributed by atoms with Gasteiger partial charge in [-0.1, -0.05) is 30.3 Å². The van der Waals surface area contributed by atoms with Gasteiger partial charge in [-0.2, -0.15) is 0 Å². The van der Waals surface area contributed by atoms with Crippen molar-refractivity contribution in [3.63, 3.8) is 0 Å². The van der Waals surface area contributed by atoms with Crippen molar-refractivity contribution in [1.82, 2.24) is 16.0 Å². The van der Waals surface area contributed by atoms with Crippen LogP contribution in [-0.2, 0) is 25.6 Å². The molecular formula is C18H26N4O7. The van der Waals surface area contributed by atoms with Crippen LogP contribution in [0.5, 0.6) is 0 Å². The van der Waals surface area contributed by atoms with Crippen LogP contribution in [0.2, 0.25) is 0 Å². The Morgan fingerprint density at radius 2 is 1.62 bits per heavy atom. The van der Waals surface area contributed by atoms with Crippen molar-refractivity contribution < 1.29 is 34.5 Å². The minimum Gasteiger partial charge on any atom is -0.480 e. The van der Waals surface area contributed by atoms with Gasteiger partial charge >= 0.3 is 5.97 Å². The number of hydrogen-bond acceptors (Lipinski definition) is 7. The van der Waals surface area contributed by atoms with Gasteiger partial charge in [-0.15, -0.1) is 0 Å². The monoisotopic (exact) mass is 410 g/mol. The summed E-state index contributed by atoms with van der Waals surface area (Å²) in [6.45, 7) is 0.00430. The number of aliphatic hydroxyl groups excluding tert-OH is 2. The van der Waals surface area contributed by atoms with Crippen LogP contribution in [0.25, 0.3) is 0 Å². The lowest BCUT2D eigenvalue weighted by Crippen LogP contribution is -2.60. The molecule has 0 aromatic heterocycles. The van der Waals surface area contributed by atoms with E-state index in [1.165, 1.54) is 6.92 Å². The molecule has 4 unspecified atom stereocenters. The smallest absolute Gasteiger partial charge is 0.328 e. The predicted octanol–water partition coefficient (Wildman–Crippen LogP) is -2.90. The highest BCUT2D eigenvalue weighted by Crippen LogP contribution is 2.05. The van der Waals surface area contributed by atoms with Gasteiger partial charge in [0.15, 0.2) is 0 Å². The van der Waals surface area contributed by atoms with Crippen molar-refractivity contribution in [2.24, 2.45) is 5.73 Å². The third kappa shape index (κ3) is 7.86. The van der Waals surface area contributed by atoms with E-state index in [1.807, 2.05) is 5.32 Å². The SMILES string of the molecule is CC(O)C(NC(=O)C(Cc1ccccc1)NC(=O)CN)C(=O)NC(CO)C(=O)O. The largest absolute Gasteiger partial charge is 0.480 e. The van der Waals surface area contributed by atoms with Crippen LogP contribution >= 0.6 is 0 Å². The van der Waals surface area contributed by atoms with E-state index >= 15 is 0 Å². The first-order chi connectivity index (χ1) is 13.7. The van der Waals surface area contributed by atoms with Gasteiger partial charge in [0.05, 0.1) is 19.3 Å². The first kappa shape index (κ1) is 24.0. The second kappa shape index (κ2) is 11.7. The van der Waals surface area contributed by atoms with E-state index in [1.54, 1.807) is 30.3 Å². The topological polar surface area (TPSA) is 191 Å². The molecule has 0 saturated heterocycles. The number of amides is 3. The van der Waals surface area contributed by atoms with Crippen LogP contribution in [0, 0.1) is 0 Å².